The minimum absolute atomic E-state index is 0.139. The first-order chi connectivity index (χ1) is 8.54. The van der Waals surface area contributed by atoms with Crippen LogP contribution in [-0.4, -0.2) is 35.9 Å². The lowest BCUT2D eigenvalue weighted by molar-refractivity contribution is -0.149. The third-order valence-corrected chi connectivity index (χ3v) is 4.04. The van der Waals surface area contributed by atoms with Gasteiger partial charge in [-0.2, -0.15) is 0 Å². The molecule has 0 aliphatic carbocycles. The predicted molar refractivity (Wildman–Crippen MR) is 68.3 cm³/mol. The average Bonchev–Trinajstić information content (AvgIpc) is 2.37. The maximum Gasteiger partial charge on any atom is 0.394 e. The summed E-state index contributed by atoms with van der Waals surface area (Å²) < 4.78 is 5.12. The van der Waals surface area contributed by atoms with Crippen molar-refractivity contribution < 1.29 is 19.4 Å². The van der Waals surface area contributed by atoms with Crippen molar-refractivity contribution in [3.63, 3.8) is 0 Å². The molecule has 18 heavy (non-hydrogen) atoms. The minimum atomic E-state index is -1.43. The summed E-state index contributed by atoms with van der Waals surface area (Å²) in [4.78, 5) is 24.8. The molecule has 0 saturated carbocycles. The molecular formula is C12H13NO4S. The van der Waals surface area contributed by atoms with Gasteiger partial charge in [-0.25, -0.2) is 4.79 Å². The van der Waals surface area contributed by atoms with Crippen molar-refractivity contribution in [1.29, 1.82) is 0 Å². The first-order valence-electron chi connectivity index (χ1n) is 5.42. The number of carbonyl (C=O) groups is 2. The number of nitrogens with zero attached hydrogens (tertiary/aromatic N) is 1. The Bertz CT molecular complexity index is 503. The maximum atomic E-state index is 11.7. The number of anilines is 1. The van der Waals surface area contributed by atoms with Crippen LogP contribution < -0.4 is 9.64 Å². The van der Waals surface area contributed by atoms with Gasteiger partial charge in [0.2, 0.25) is 0 Å². The second-order valence-corrected chi connectivity index (χ2v) is 5.04. The zero-order valence-corrected chi connectivity index (χ0v) is 10.9. The van der Waals surface area contributed by atoms with Gasteiger partial charge in [-0.3, -0.25) is 9.69 Å². The molecule has 1 aromatic carbocycles. The Hall–Kier alpha value is -1.69. The summed E-state index contributed by atoms with van der Waals surface area (Å²) in [6.07, 6.45) is 0. The molecule has 6 heteroatoms. The van der Waals surface area contributed by atoms with E-state index in [0.29, 0.717) is 17.2 Å². The van der Waals surface area contributed by atoms with Crippen LogP contribution in [0.1, 0.15) is 6.92 Å². The summed E-state index contributed by atoms with van der Waals surface area (Å²) in [7, 11) is 1.57. The van der Waals surface area contributed by atoms with Crippen LogP contribution >= 0.6 is 11.8 Å². The van der Waals surface area contributed by atoms with Crippen molar-refractivity contribution in [2.75, 3.05) is 17.8 Å². The topological polar surface area (TPSA) is 66.8 Å². The van der Waals surface area contributed by atoms with Crippen molar-refractivity contribution >= 4 is 29.3 Å². The number of fused-ring (bicyclic) bond motifs is 1. The Morgan fingerprint density at radius 3 is 2.83 bits per heavy atom. The number of hydrogen-bond acceptors (Lipinski definition) is 4. The van der Waals surface area contributed by atoms with E-state index >= 15 is 0 Å². The lowest BCUT2D eigenvalue weighted by atomic mass is 10.2. The first-order valence-corrected chi connectivity index (χ1v) is 6.40. The summed E-state index contributed by atoms with van der Waals surface area (Å²) >= 11 is 1.59. The number of ether oxygens (including phenoxy) is 1. The number of rotatable bonds is 1. The molecular weight excluding hydrogens is 254 g/mol. The molecule has 1 atom stereocenters. The highest BCUT2D eigenvalue weighted by Gasteiger charge is 2.32. The van der Waals surface area contributed by atoms with Gasteiger partial charge in [0.25, 0.3) is 0 Å². The maximum absolute atomic E-state index is 11.7. The van der Waals surface area contributed by atoms with Crippen LogP contribution in [0.2, 0.25) is 0 Å². The molecule has 1 N–H and O–H groups in total. The summed E-state index contributed by atoms with van der Waals surface area (Å²) in [6.45, 7) is 1.83. The highest BCUT2D eigenvalue weighted by Crippen LogP contribution is 2.39. The summed E-state index contributed by atoms with van der Waals surface area (Å²) in [5, 5.41) is 8.86. The predicted octanol–water partition coefficient (Wildman–Crippen LogP) is 1.61. The van der Waals surface area contributed by atoms with Gasteiger partial charge in [-0.15, -0.1) is 11.8 Å². The Labute approximate surface area is 109 Å². The van der Waals surface area contributed by atoms with Crippen molar-refractivity contribution in [3.8, 4) is 5.75 Å². The van der Waals surface area contributed by atoms with E-state index in [1.165, 1.54) is 4.90 Å². The summed E-state index contributed by atoms with van der Waals surface area (Å²) in [6, 6.07) is 5.12. The Morgan fingerprint density at radius 2 is 2.22 bits per heavy atom. The number of methoxy groups -OCH3 is 1. The number of carboxylic acid groups (broad SMARTS) is 1. The van der Waals surface area contributed by atoms with Gasteiger partial charge in [-0.1, -0.05) is 0 Å². The van der Waals surface area contributed by atoms with Crippen molar-refractivity contribution in [2.45, 2.75) is 17.9 Å². The zero-order chi connectivity index (χ0) is 13.3. The second-order valence-electron chi connectivity index (χ2n) is 3.97. The standard InChI is InChI=1S/C12H13NO4S/c1-7-6-18-10-5-8(17-2)3-4-9(10)13(7)11(14)12(15)16/h3-5,7H,6H2,1-2H3,(H,15,16). The SMILES string of the molecule is COc1ccc2c(c1)SCC(C)N2C(=O)C(=O)O. The molecule has 1 aliphatic rings. The third kappa shape index (κ3) is 2.15. The quantitative estimate of drug-likeness (QED) is 0.783. The van der Waals surface area contributed by atoms with Crippen LogP contribution in [0.25, 0.3) is 0 Å². The normalized spacial score (nSPS) is 18.1. The van der Waals surface area contributed by atoms with Gasteiger partial charge in [0.15, 0.2) is 0 Å². The number of carboxylic acids is 1. The van der Waals surface area contributed by atoms with Gasteiger partial charge < -0.3 is 9.84 Å². The summed E-state index contributed by atoms with van der Waals surface area (Å²) in [5.41, 5.74) is 0.631. The van der Waals surface area contributed by atoms with E-state index in [1.54, 1.807) is 31.0 Å². The highest BCUT2D eigenvalue weighted by atomic mass is 32.2. The molecule has 1 amide bonds. The number of benzene rings is 1. The highest BCUT2D eigenvalue weighted by molar-refractivity contribution is 7.99. The monoisotopic (exact) mass is 267 g/mol. The van der Waals surface area contributed by atoms with E-state index in [0.717, 1.165) is 4.90 Å². The van der Waals surface area contributed by atoms with E-state index in [9.17, 15) is 9.59 Å². The fraction of sp³-hybridized carbons (Fsp3) is 0.333. The van der Waals surface area contributed by atoms with Crippen molar-refractivity contribution in [1.82, 2.24) is 0 Å². The lowest BCUT2D eigenvalue weighted by Crippen LogP contribution is -2.45. The van der Waals surface area contributed by atoms with E-state index in [4.69, 9.17) is 9.84 Å². The fourth-order valence-electron chi connectivity index (χ4n) is 1.87. The molecule has 0 fully saturated rings. The first kappa shape index (κ1) is 12.8. The van der Waals surface area contributed by atoms with Crippen molar-refractivity contribution in [3.05, 3.63) is 18.2 Å². The van der Waals surface area contributed by atoms with Gasteiger partial charge in [0.1, 0.15) is 5.75 Å². The Morgan fingerprint density at radius 1 is 1.50 bits per heavy atom. The third-order valence-electron chi connectivity index (χ3n) is 2.75. The van der Waals surface area contributed by atoms with E-state index in [1.807, 2.05) is 13.0 Å². The molecule has 1 unspecified atom stereocenters. The van der Waals surface area contributed by atoms with Crippen molar-refractivity contribution in [2.24, 2.45) is 0 Å². The van der Waals surface area contributed by atoms with E-state index in [2.05, 4.69) is 0 Å². The van der Waals surface area contributed by atoms with Gasteiger partial charge in [0, 0.05) is 16.7 Å². The fourth-order valence-corrected chi connectivity index (χ4v) is 2.95. The smallest absolute Gasteiger partial charge is 0.394 e. The molecule has 0 aromatic heterocycles. The lowest BCUT2D eigenvalue weighted by Gasteiger charge is -2.33. The largest absolute Gasteiger partial charge is 0.497 e. The molecule has 1 aliphatic heterocycles. The van der Waals surface area contributed by atoms with Crippen LogP contribution in [0.4, 0.5) is 5.69 Å². The summed E-state index contributed by atoms with van der Waals surface area (Å²) in [5.74, 6) is -0.970. The molecule has 0 spiro atoms. The van der Waals surface area contributed by atoms with Crippen LogP contribution in [0.3, 0.4) is 0 Å². The molecule has 0 radical (unpaired) electrons. The Kier molecular flexibility index (Phi) is 3.47. The number of carbonyl (C=O) groups excluding carboxylic acids is 1. The van der Waals surface area contributed by atoms with E-state index in [-0.39, 0.29) is 6.04 Å². The molecule has 5 nitrogen and oxygen atoms in total. The van der Waals surface area contributed by atoms with E-state index < -0.39 is 11.9 Å². The van der Waals surface area contributed by atoms with Crippen LogP contribution in [0, 0.1) is 0 Å². The second kappa shape index (κ2) is 4.89. The molecule has 0 saturated heterocycles. The Balaban J connectivity index is 2.44. The number of aliphatic carboxylic acids is 1. The van der Waals surface area contributed by atoms with Gasteiger partial charge >= 0.3 is 11.9 Å². The number of hydrogen-bond donors (Lipinski definition) is 1. The van der Waals surface area contributed by atoms with Gasteiger partial charge in [-0.05, 0) is 25.1 Å². The minimum Gasteiger partial charge on any atom is -0.497 e. The zero-order valence-electron chi connectivity index (χ0n) is 10.0. The molecule has 96 valence electrons. The molecule has 1 heterocycles. The van der Waals surface area contributed by atoms with Crippen LogP contribution in [0.15, 0.2) is 23.1 Å². The molecule has 1 aromatic rings. The van der Waals surface area contributed by atoms with Crippen LogP contribution in [0.5, 0.6) is 5.75 Å². The van der Waals surface area contributed by atoms with Gasteiger partial charge in [0.05, 0.1) is 12.8 Å². The van der Waals surface area contributed by atoms with Crippen LogP contribution in [-0.2, 0) is 9.59 Å². The molecule has 2 rings (SSSR count). The molecule has 0 bridgehead atoms. The number of amides is 1. The number of thioether (sulfide) groups is 1. The average molecular weight is 267 g/mol.